The number of imidazole rings is 1. The van der Waals surface area contributed by atoms with Crippen molar-refractivity contribution in [2.75, 3.05) is 18.8 Å². The average molecular weight is 1490 g/mol. The molecule has 2 aliphatic rings. The first kappa shape index (κ1) is 86.8. The van der Waals surface area contributed by atoms with E-state index in [0.717, 1.165) is 6.42 Å². The summed E-state index contributed by atoms with van der Waals surface area (Å²) in [5.41, 5.74) is 18.8. The van der Waals surface area contributed by atoms with Crippen LogP contribution in [0.15, 0.2) is 47.8 Å². The number of nitrogens with two attached hydrogens (primary N) is 3. The van der Waals surface area contributed by atoms with E-state index >= 15 is 0 Å². The van der Waals surface area contributed by atoms with Crippen molar-refractivity contribution in [3.8, 4) is 0 Å². The molecule has 554 valence electrons. The number of hydrogen-bond donors (Lipinski definition) is 15. The molecular formula is C66H101N17O16SZn. The third-order valence-electron chi connectivity index (χ3n) is 17.5. The molecule has 1 fully saturated rings. The fourth-order valence-electron chi connectivity index (χ4n) is 10.9. The zero-order chi connectivity index (χ0) is 74.3. The Morgan fingerprint density at radius 1 is 0.663 bits per heavy atom. The molecule has 0 spiro atoms. The van der Waals surface area contributed by atoms with E-state index in [0.29, 0.717) is 5.56 Å². The van der Waals surface area contributed by atoms with Gasteiger partial charge in [0.05, 0.1) is 12.7 Å². The van der Waals surface area contributed by atoms with Gasteiger partial charge in [-0.15, -0.1) is 11.8 Å². The molecule has 0 bridgehead atoms. The summed E-state index contributed by atoms with van der Waals surface area (Å²) in [7, 11) is 0. The SMILES string of the molecule is CCC(C)C(N)C1N=C(C(=O)N[C@@H](CC(C)C)C(=O)N[C@H](CCC(=O)[O-])C(=O)N[C@H](C(=O)N[C@H]2CCCCNC(=O)[C@H](CC(N)=O)NC(=O)[C@@H](CC(=O)[O-])NC(=O)[C@H](Cc3cnc[nH]3)NC(=O)[C@@H](Cc3ccccc3)NC(=O)[C@H]([C@@H](C)CC)NC(=O)[C@@H](CCCN)NC2=O)[C@@H](C)CC)CS1.[Zn+2]. The Morgan fingerprint density at radius 3 is 1.84 bits per heavy atom. The molecule has 0 aliphatic carbocycles. The molecule has 1 aromatic carbocycles. The molecule has 4 rings (SSSR count). The Hall–Kier alpha value is -8.43. The Bertz CT molecular complexity index is 3170. The molecule has 0 radical (unpaired) electrons. The summed E-state index contributed by atoms with van der Waals surface area (Å²) < 4.78 is 0. The van der Waals surface area contributed by atoms with E-state index in [9.17, 15) is 77.3 Å². The molecule has 1 aromatic heterocycles. The van der Waals surface area contributed by atoms with Gasteiger partial charge >= 0.3 is 19.5 Å². The van der Waals surface area contributed by atoms with Gasteiger partial charge < -0.3 is 100 Å². The summed E-state index contributed by atoms with van der Waals surface area (Å²) in [6.07, 6.45) is -0.0841. The van der Waals surface area contributed by atoms with Crippen LogP contribution in [0.25, 0.3) is 0 Å². The number of nitrogens with one attached hydrogen (secondary N) is 12. The minimum atomic E-state index is -2.01. The summed E-state index contributed by atoms with van der Waals surface area (Å²) in [6.45, 7) is 14.0. The van der Waals surface area contributed by atoms with Crippen molar-refractivity contribution in [1.29, 1.82) is 0 Å². The topological polar surface area (TPSA) is 537 Å². The summed E-state index contributed by atoms with van der Waals surface area (Å²) in [4.78, 5) is 206. The number of thioether (sulfide) groups is 1. The van der Waals surface area contributed by atoms with E-state index < -0.39 is 186 Å². The molecule has 2 aliphatic heterocycles. The van der Waals surface area contributed by atoms with E-state index in [-0.39, 0.29) is 132 Å². The third-order valence-corrected chi connectivity index (χ3v) is 18.7. The summed E-state index contributed by atoms with van der Waals surface area (Å²) in [5, 5.41) is 52.1. The first-order chi connectivity index (χ1) is 47.4. The molecule has 12 amide bonds. The standard InChI is InChI=1S/C66H103N17O16S.Zn/c1-9-35(6)52(69)66-81-48(32-100-66)63(97)76-43(26-34(4)5)59(93)74-42(22-23-50(85)86)58(92)83-53(36(7)10-2)64(98)75-40-20-15-16-25-71-55(89)46(29-49(68)84)78-62(96)47(30-51(87)88)79-61(95)45(28-39-31-70-33-72-39)77-60(94)44(27-38-18-13-12-14-19-38)80-65(99)54(37(8)11-3)82-57(91)41(21-17-24-67)73-56(40)90;/h12-14,18-19,31,33-37,40-47,52-54,66H,9-11,15-17,20-30,32,67,69H2,1-8H3,(H2,68,84)(H,70,72)(H,71,89)(H,73,90)(H,74,93)(H,75,98)(H,76,97)(H,77,94)(H,78,96)(H,79,95)(H,80,99)(H,82,91)(H,83,92)(H,85,86)(H,87,88);/q;+2/p-2/t35?,36-,37-,40-,41+,42+,43-,44+,45-,46-,47+,52?,53-,54-,66?;/m0./s1. The molecule has 0 saturated carbocycles. The zero-order valence-electron chi connectivity index (χ0n) is 58.8. The number of rotatable bonds is 31. The molecule has 15 atom stereocenters. The van der Waals surface area contributed by atoms with Gasteiger partial charge in [-0.3, -0.25) is 62.5 Å². The number of primary amides is 1. The number of H-pyrrole nitrogens is 1. The molecule has 1 saturated heterocycles. The van der Waals surface area contributed by atoms with Gasteiger partial charge in [0.15, 0.2) is 0 Å². The van der Waals surface area contributed by atoms with E-state index in [1.165, 1.54) is 24.3 Å². The van der Waals surface area contributed by atoms with Gasteiger partial charge in [-0.1, -0.05) is 105 Å². The van der Waals surface area contributed by atoms with Crippen LogP contribution in [0.4, 0.5) is 0 Å². The third kappa shape index (κ3) is 29.2. The number of aromatic amines is 1. The average Bonchev–Trinajstić information content (AvgIpc) is 1.83. The number of carboxylic acids is 2. The summed E-state index contributed by atoms with van der Waals surface area (Å²) in [5.74, 6) is -16.3. The smallest absolute Gasteiger partial charge is 0.550 e. The first-order valence-electron chi connectivity index (χ1n) is 34.0. The van der Waals surface area contributed by atoms with Gasteiger partial charge in [0.1, 0.15) is 71.5 Å². The second-order valence-electron chi connectivity index (χ2n) is 25.9. The predicted octanol–water partition coefficient (Wildman–Crippen LogP) is -4.35. The minimum Gasteiger partial charge on any atom is -0.550 e. The van der Waals surface area contributed by atoms with E-state index in [4.69, 9.17) is 17.2 Å². The van der Waals surface area contributed by atoms with E-state index in [1.54, 1.807) is 71.9 Å². The Morgan fingerprint density at radius 2 is 1.26 bits per heavy atom. The van der Waals surface area contributed by atoms with Crippen molar-refractivity contribution >= 4 is 100 Å². The number of carbonyl (C=O) groups excluding carboxylic acids is 14. The van der Waals surface area contributed by atoms with Crippen LogP contribution in [-0.4, -0.2) is 189 Å². The number of carboxylic acid groups (broad SMARTS) is 2. The van der Waals surface area contributed by atoms with Crippen LogP contribution in [0.1, 0.15) is 150 Å². The number of aliphatic carboxylic acids is 2. The van der Waals surface area contributed by atoms with Crippen LogP contribution in [0.5, 0.6) is 0 Å². The van der Waals surface area contributed by atoms with Gasteiger partial charge in [0.25, 0.3) is 5.91 Å². The van der Waals surface area contributed by atoms with Crippen LogP contribution in [0, 0.1) is 23.7 Å². The van der Waals surface area contributed by atoms with E-state index in [1.807, 2.05) is 13.8 Å². The molecular weight excluding hydrogens is 1380 g/mol. The normalized spacial score (nSPS) is 22.9. The van der Waals surface area contributed by atoms with E-state index in [2.05, 4.69) is 73.4 Å². The Balaban J connectivity index is 0.0000265. The maximum atomic E-state index is 14.9. The molecule has 18 N–H and O–H groups in total. The first-order valence-corrected chi connectivity index (χ1v) is 35.1. The second kappa shape index (κ2) is 44.1. The molecule has 35 heteroatoms. The van der Waals surface area contributed by atoms with Gasteiger partial charge in [-0.25, -0.2) is 4.98 Å². The number of amides is 12. The fourth-order valence-corrected chi connectivity index (χ4v) is 12.1. The Labute approximate surface area is 605 Å². The number of nitrogens with zero attached hydrogens (tertiary/aromatic N) is 2. The van der Waals surface area contributed by atoms with Crippen LogP contribution < -0.4 is 85.9 Å². The van der Waals surface area contributed by atoms with Gasteiger partial charge in [-0.2, -0.15) is 0 Å². The monoisotopic (exact) mass is 1480 g/mol. The van der Waals surface area contributed by atoms with Crippen LogP contribution in [0.3, 0.4) is 0 Å². The second-order valence-corrected chi connectivity index (χ2v) is 27.0. The molecule has 101 heavy (non-hydrogen) atoms. The maximum Gasteiger partial charge on any atom is 2.00 e. The number of aromatic nitrogens is 2. The predicted molar refractivity (Wildman–Crippen MR) is 364 cm³/mol. The summed E-state index contributed by atoms with van der Waals surface area (Å²) in [6, 6.07) is -7.70. The minimum absolute atomic E-state index is 0. The van der Waals surface area contributed by atoms with Gasteiger partial charge in [-0.05, 0) is 87.1 Å². The van der Waals surface area contributed by atoms with Crippen molar-refractivity contribution in [2.45, 2.75) is 224 Å². The van der Waals surface area contributed by atoms with Gasteiger partial charge in [0, 0.05) is 61.4 Å². The van der Waals surface area contributed by atoms with Crippen molar-refractivity contribution in [1.82, 2.24) is 68.5 Å². The van der Waals surface area contributed by atoms with Crippen molar-refractivity contribution in [2.24, 2.45) is 45.9 Å². The molecule has 2 aromatic rings. The van der Waals surface area contributed by atoms with Gasteiger partial charge in [0.2, 0.25) is 65.0 Å². The number of hydrogen-bond acceptors (Lipinski definition) is 21. The number of aliphatic imine (C=N–C) groups is 1. The molecule has 3 unspecified atom stereocenters. The Kier molecular flexibility index (Phi) is 37.9. The van der Waals surface area contributed by atoms with Crippen LogP contribution >= 0.6 is 11.8 Å². The largest absolute Gasteiger partial charge is 2.00 e. The fraction of sp³-hybridized carbons (Fsp3) is 0.636. The van der Waals surface area contributed by atoms with Crippen molar-refractivity contribution < 1.29 is 96.8 Å². The van der Waals surface area contributed by atoms with Crippen molar-refractivity contribution in [3.05, 3.63) is 54.1 Å². The number of carbonyl (C=O) groups is 14. The van der Waals surface area contributed by atoms with Crippen molar-refractivity contribution in [3.63, 3.8) is 0 Å². The van der Waals surface area contributed by atoms with Crippen LogP contribution in [-0.2, 0) is 99.4 Å². The van der Waals surface area contributed by atoms with Crippen LogP contribution in [0.2, 0.25) is 0 Å². The zero-order valence-corrected chi connectivity index (χ0v) is 62.6. The molecule has 3 heterocycles. The molecule has 33 nitrogen and oxygen atoms in total. The summed E-state index contributed by atoms with van der Waals surface area (Å²) >= 11 is 1.39. The quantitative estimate of drug-likeness (QED) is 0.0317. The number of benzene rings is 1. The maximum absolute atomic E-state index is 14.9.